The molecule has 0 aromatic heterocycles. The summed E-state index contributed by atoms with van der Waals surface area (Å²) in [6, 6.07) is 0. The first-order valence-electron chi connectivity index (χ1n) is 23.1. The molecule has 0 aliphatic rings. The summed E-state index contributed by atoms with van der Waals surface area (Å²) in [6.45, 7) is 6.35. The zero-order valence-corrected chi connectivity index (χ0v) is 36.8. The molecule has 0 aliphatic heterocycles. The molecule has 0 rings (SSSR count). The molecule has 0 bridgehead atoms. The maximum Gasteiger partial charge on any atom is 0.306 e. The number of unbranched alkanes of at least 4 members (excludes halogenated alkanes) is 15. The Hall–Kier alpha value is -3.41. The third-order valence-corrected chi connectivity index (χ3v) is 9.38. The Morgan fingerprint density at radius 2 is 0.754 bits per heavy atom. The van der Waals surface area contributed by atoms with Crippen LogP contribution in [0.15, 0.2) is 85.1 Å². The summed E-state index contributed by atoms with van der Waals surface area (Å²) in [6.07, 6.45) is 57.2. The second kappa shape index (κ2) is 45.3. The maximum atomic E-state index is 12.7. The molecule has 6 nitrogen and oxygen atoms in total. The first kappa shape index (κ1) is 53.6. The van der Waals surface area contributed by atoms with Gasteiger partial charge in [0.25, 0.3) is 0 Å². The molecule has 0 saturated heterocycles. The second-order valence-corrected chi connectivity index (χ2v) is 14.9. The van der Waals surface area contributed by atoms with Gasteiger partial charge in [-0.25, -0.2) is 0 Å². The molecule has 1 unspecified atom stereocenters. The van der Waals surface area contributed by atoms with Crippen LogP contribution in [0.4, 0.5) is 0 Å². The zero-order valence-electron chi connectivity index (χ0n) is 36.8. The molecular weight excluding hydrogens is 709 g/mol. The number of carbonyl (C=O) groups excluding carboxylic acids is 3. The molecular formula is C51H84O6. The molecule has 0 N–H and O–H groups in total. The van der Waals surface area contributed by atoms with E-state index in [2.05, 4.69) is 93.7 Å². The Kier molecular flexibility index (Phi) is 42.6. The third kappa shape index (κ3) is 43.6. The minimum atomic E-state index is -0.807. The summed E-state index contributed by atoms with van der Waals surface area (Å²) in [5.41, 5.74) is 0. The maximum absolute atomic E-state index is 12.7. The third-order valence-electron chi connectivity index (χ3n) is 9.38. The van der Waals surface area contributed by atoms with E-state index >= 15 is 0 Å². The summed E-state index contributed by atoms with van der Waals surface area (Å²) in [4.78, 5) is 37.7. The van der Waals surface area contributed by atoms with E-state index in [1.165, 1.54) is 57.8 Å². The number of esters is 3. The van der Waals surface area contributed by atoms with Gasteiger partial charge in [0.15, 0.2) is 6.10 Å². The Morgan fingerprint density at radius 1 is 0.368 bits per heavy atom. The predicted molar refractivity (Wildman–Crippen MR) is 242 cm³/mol. The van der Waals surface area contributed by atoms with Crippen molar-refractivity contribution in [2.24, 2.45) is 0 Å². The number of hydrogen-bond acceptors (Lipinski definition) is 6. The van der Waals surface area contributed by atoms with Crippen LogP contribution in [0.2, 0.25) is 0 Å². The Morgan fingerprint density at radius 3 is 1.25 bits per heavy atom. The second-order valence-electron chi connectivity index (χ2n) is 14.9. The normalized spacial score (nSPS) is 12.8. The van der Waals surface area contributed by atoms with Crippen molar-refractivity contribution in [2.75, 3.05) is 13.2 Å². The van der Waals surface area contributed by atoms with Gasteiger partial charge in [0.05, 0.1) is 0 Å². The number of rotatable bonds is 40. The van der Waals surface area contributed by atoms with Crippen LogP contribution in [0.1, 0.15) is 201 Å². The molecule has 324 valence electrons. The summed E-state index contributed by atoms with van der Waals surface area (Å²) >= 11 is 0. The van der Waals surface area contributed by atoms with Crippen molar-refractivity contribution in [3.63, 3.8) is 0 Å². The van der Waals surface area contributed by atoms with Crippen molar-refractivity contribution < 1.29 is 28.6 Å². The minimum absolute atomic E-state index is 0.103. The smallest absolute Gasteiger partial charge is 0.306 e. The lowest BCUT2D eigenvalue weighted by atomic mass is 10.1. The van der Waals surface area contributed by atoms with E-state index in [1.807, 2.05) is 12.2 Å². The molecule has 0 amide bonds. The van der Waals surface area contributed by atoms with Crippen molar-refractivity contribution >= 4 is 17.9 Å². The molecule has 0 saturated carbocycles. The molecule has 0 fully saturated rings. The van der Waals surface area contributed by atoms with Gasteiger partial charge in [0.2, 0.25) is 0 Å². The topological polar surface area (TPSA) is 78.9 Å². The largest absolute Gasteiger partial charge is 0.462 e. The van der Waals surface area contributed by atoms with Gasteiger partial charge < -0.3 is 14.2 Å². The van der Waals surface area contributed by atoms with Crippen molar-refractivity contribution in [1.82, 2.24) is 0 Å². The number of hydrogen-bond donors (Lipinski definition) is 0. The van der Waals surface area contributed by atoms with Crippen LogP contribution in [0.5, 0.6) is 0 Å². The molecule has 57 heavy (non-hydrogen) atoms. The van der Waals surface area contributed by atoms with Gasteiger partial charge in [0, 0.05) is 19.3 Å². The fraction of sp³-hybridized carbons (Fsp3) is 0.667. The lowest BCUT2D eigenvalue weighted by Gasteiger charge is -2.18. The highest BCUT2D eigenvalue weighted by atomic mass is 16.6. The van der Waals surface area contributed by atoms with E-state index < -0.39 is 6.10 Å². The average Bonchev–Trinajstić information content (AvgIpc) is 3.21. The molecule has 0 aromatic carbocycles. The fourth-order valence-corrected chi connectivity index (χ4v) is 5.94. The van der Waals surface area contributed by atoms with Crippen molar-refractivity contribution in [2.45, 2.75) is 207 Å². The van der Waals surface area contributed by atoms with Crippen LogP contribution < -0.4 is 0 Å². The van der Waals surface area contributed by atoms with E-state index in [4.69, 9.17) is 14.2 Å². The van der Waals surface area contributed by atoms with Gasteiger partial charge >= 0.3 is 17.9 Å². The van der Waals surface area contributed by atoms with Crippen LogP contribution in [0.25, 0.3) is 0 Å². The van der Waals surface area contributed by atoms with Crippen LogP contribution >= 0.6 is 0 Å². The van der Waals surface area contributed by atoms with Gasteiger partial charge in [-0.15, -0.1) is 0 Å². The standard InChI is InChI=1S/C51H84O6/c1-4-7-10-13-16-19-22-23-24-25-26-27-28-29-30-33-35-38-41-44-50(53)56-47-48(57-51(54)45-42-39-36-32-21-18-15-12-9-6-3)46-55-49(52)43-40-37-34-31-20-17-14-11-8-5-2/h7,10,12,15-16,19,23-24,26-27,29-30,35,38,48H,4-6,8-9,11,13-14,17-18,20-22,25,28,31-34,36-37,39-47H2,1-3H3/b10-7-,15-12-,19-16-,24-23-,27-26-,30-29-,38-35-. The first-order chi connectivity index (χ1) is 28.0. The van der Waals surface area contributed by atoms with E-state index in [0.29, 0.717) is 19.3 Å². The highest BCUT2D eigenvalue weighted by Gasteiger charge is 2.19. The van der Waals surface area contributed by atoms with Gasteiger partial charge in [-0.05, 0) is 77.0 Å². The van der Waals surface area contributed by atoms with Gasteiger partial charge in [-0.3, -0.25) is 14.4 Å². The van der Waals surface area contributed by atoms with Crippen LogP contribution in [-0.4, -0.2) is 37.2 Å². The lowest BCUT2D eigenvalue weighted by Crippen LogP contribution is -2.30. The number of carbonyl (C=O) groups is 3. The molecule has 0 radical (unpaired) electrons. The molecule has 0 heterocycles. The Bertz CT molecular complexity index is 1140. The van der Waals surface area contributed by atoms with Gasteiger partial charge in [-0.1, -0.05) is 189 Å². The van der Waals surface area contributed by atoms with E-state index in [9.17, 15) is 14.4 Å². The summed E-state index contributed by atoms with van der Waals surface area (Å²) in [5.74, 6) is -1.01. The summed E-state index contributed by atoms with van der Waals surface area (Å²) in [7, 11) is 0. The zero-order chi connectivity index (χ0) is 41.5. The predicted octanol–water partition coefficient (Wildman–Crippen LogP) is 14.9. The van der Waals surface area contributed by atoms with Crippen LogP contribution in [0, 0.1) is 0 Å². The number of allylic oxidation sites excluding steroid dienone is 14. The summed E-state index contributed by atoms with van der Waals surface area (Å²) < 4.78 is 16.6. The van der Waals surface area contributed by atoms with E-state index in [-0.39, 0.29) is 37.5 Å². The number of ether oxygens (including phenoxy) is 3. The van der Waals surface area contributed by atoms with Gasteiger partial charge in [0.1, 0.15) is 13.2 Å². The molecule has 6 heteroatoms. The monoisotopic (exact) mass is 793 g/mol. The van der Waals surface area contributed by atoms with E-state index in [1.54, 1.807) is 0 Å². The fourth-order valence-electron chi connectivity index (χ4n) is 5.94. The van der Waals surface area contributed by atoms with Crippen LogP contribution in [0.3, 0.4) is 0 Å². The SMILES string of the molecule is CC/C=C\C/C=C\C/C=C\C/C=C\C/C=C\C/C=C\CCC(=O)OCC(COC(=O)CCCCCCCCCCCC)OC(=O)CCCCCCC/C=C\CCC. The van der Waals surface area contributed by atoms with E-state index in [0.717, 1.165) is 96.3 Å². The first-order valence-corrected chi connectivity index (χ1v) is 23.1. The summed E-state index contributed by atoms with van der Waals surface area (Å²) in [5, 5.41) is 0. The molecule has 0 aromatic rings. The average molecular weight is 793 g/mol. The van der Waals surface area contributed by atoms with Crippen molar-refractivity contribution in [1.29, 1.82) is 0 Å². The van der Waals surface area contributed by atoms with Crippen molar-refractivity contribution in [3.8, 4) is 0 Å². The highest BCUT2D eigenvalue weighted by molar-refractivity contribution is 5.71. The van der Waals surface area contributed by atoms with Gasteiger partial charge in [-0.2, -0.15) is 0 Å². The van der Waals surface area contributed by atoms with Crippen LogP contribution in [-0.2, 0) is 28.6 Å². The molecule has 1 atom stereocenters. The van der Waals surface area contributed by atoms with Crippen molar-refractivity contribution in [3.05, 3.63) is 85.1 Å². The highest BCUT2D eigenvalue weighted by Crippen LogP contribution is 2.13. The molecule has 0 aliphatic carbocycles. The molecule has 0 spiro atoms. The quantitative estimate of drug-likeness (QED) is 0.0266. The Balaban J connectivity index is 4.46. The lowest BCUT2D eigenvalue weighted by molar-refractivity contribution is -0.166. The minimum Gasteiger partial charge on any atom is -0.462 e. The Labute approximate surface area is 350 Å².